The number of ether oxygens (including phenoxy) is 1. The third-order valence-electron chi connectivity index (χ3n) is 3.34. The molecule has 0 atom stereocenters. The number of carbonyl (C=O) groups excluding carboxylic acids is 1. The zero-order valence-corrected chi connectivity index (χ0v) is 13.1. The molecule has 0 amide bonds. The van der Waals surface area contributed by atoms with Gasteiger partial charge in [-0.3, -0.25) is 0 Å². The lowest BCUT2D eigenvalue weighted by molar-refractivity contribution is 0.0526. The molecule has 6 heteroatoms. The van der Waals surface area contributed by atoms with Gasteiger partial charge < -0.3 is 14.6 Å². The fourth-order valence-corrected chi connectivity index (χ4v) is 2.26. The van der Waals surface area contributed by atoms with Crippen molar-refractivity contribution in [2.45, 2.75) is 33.6 Å². The normalized spacial score (nSPS) is 10.9. The van der Waals surface area contributed by atoms with E-state index in [0.717, 1.165) is 30.7 Å². The van der Waals surface area contributed by atoms with Crippen LogP contribution in [0.2, 0.25) is 0 Å². The number of carbonyl (C=O) groups is 1. The van der Waals surface area contributed by atoms with Crippen LogP contribution in [0.3, 0.4) is 0 Å². The van der Waals surface area contributed by atoms with Crippen LogP contribution in [0.5, 0.6) is 0 Å². The number of aryl methyl sites for hydroxylation is 2. The first kappa shape index (κ1) is 15.3. The lowest BCUT2D eigenvalue weighted by Gasteiger charge is -2.14. The van der Waals surface area contributed by atoms with E-state index in [4.69, 9.17) is 4.74 Å². The Morgan fingerprint density at radius 1 is 1.43 bits per heavy atom. The van der Waals surface area contributed by atoms with Gasteiger partial charge in [0.1, 0.15) is 11.1 Å². The highest BCUT2D eigenvalue weighted by Gasteiger charge is 2.22. The summed E-state index contributed by atoms with van der Waals surface area (Å²) in [4.78, 5) is 21.1. The van der Waals surface area contributed by atoms with Crippen LogP contribution >= 0.6 is 0 Å². The van der Waals surface area contributed by atoms with E-state index in [1.165, 1.54) is 0 Å². The second-order valence-corrected chi connectivity index (χ2v) is 4.98. The van der Waals surface area contributed by atoms with E-state index in [1.807, 2.05) is 18.5 Å². The highest BCUT2D eigenvalue weighted by Crippen LogP contribution is 2.28. The molecule has 2 aromatic rings. The molecular weight excluding hydrogens is 268 g/mol. The maximum atomic E-state index is 12.2. The van der Waals surface area contributed by atoms with Crippen LogP contribution in [0.1, 0.15) is 42.7 Å². The van der Waals surface area contributed by atoms with Crippen molar-refractivity contribution >= 4 is 22.8 Å². The quantitative estimate of drug-likeness (QED) is 0.654. The van der Waals surface area contributed by atoms with Crippen molar-refractivity contribution in [1.82, 2.24) is 14.5 Å². The second-order valence-electron chi connectivity index (χ2n) is 4.98. The molecular formula is C15H22N4O2. The molecule has 0 unspecified atom stereocenters. The Balaban J connectivity index is 2.55. The van der Waals surface area contributed by atoms with Crippen molar-refractivity contribution in [3.05, 3.63) is 17.6 Å². The van der Waals surface area contributed by atoms with Gasteiger partial charge in [-0.05, 0) is 20.3 Å². The molecule has 0 aliphatic rings. The molecule has 0 saturated carbocycles. The average Bonchev–Trinajstić information content (AvgIpc) is 2.80. The fourth-order valence-electron chi connectivity index (χ4n) is 2.26. The molecule has 0 radical (unpaired) electrons. The number of hydrogen-bond acceptors (Lipinski definition) is 5. The number of unbranched alkanes of at least 4 members (excludes halogenated alkanes) is 1. The number of nitrogens with one attached hydrogen (secondary N) is 1. The molecule has 0 fully saturated rings. The molecule has 6 nitrogen and oxygen atoms in total. The van der Waals surface area contributed by atoms with Crippen molar-refractivity contribution < 1.29 is 9.53 Å². The van der Waals surface area contributed by atoms with Crippen molar-refractivity contribution in [3.8, 4) is 0 Å². The van der Waals surface area contributed by atoms with Gasteiger partial charge >= 0.3 is 5.97 Å². The Morgan fingerprint density at radius 2 is 2.19 bits per heavy atom. The summed E-state index contributed by atoms with van der Waals surface area (Å²) in [6.07, 6.45) is 3.81. The van der Waals surface area contributed by atoms with Crippen molar-refractivity contribution in [2.75, 3.05) is 18.5 Å². The maximum Gasteiger partial charge on any atom is 0.342 e. The van der Waals surface area contributed by atoms with Crippen LogP contribution in [0.15, 0.2) is 6.33 Å². The molecule has 0 bridgehead atoms. The van der Waals surface area contributed by atoms with Crippen LogP contribution in [0.25, 0.3) is 11.2 Å². The predicted molar refractivity (Wildman–Crippen MR) is 82.6 cm³/mol. The fraction of sp³-hybridized carbons (Fsp3) is 0.533. The largest absolute Gasteiger partial charge is 0.462 e. The molecule has 0 aromatic carbocycles. The minimum absolute atomic E-state index is 0.340. The Bertz CT molecular complexity index is 649. The Hall–Kier alpha value is -2.11. The predicted octanol–water partition coefficient (Wildman–Crippen LogP) is 2.67. The number of imidazole rings is 1. The number of esters is 1. The molecule has 114 valence electrons. The first-order chi connectivity index (χ1) is 10.1. The van der Waals surface area contributed by atoms with Crippen LogP contribution < -0.4 is 5.32 Å². The summed E-state index contributed by atoms with van der Waals surface area (Å²) >= 11 is 0. The summed E-state index contributed by atoms with van der Waals surface area (Å²) in [6.45, 7) is 6.88. The highest BCUT2D eigenvalue weighted by atomic mass is 16.5. The number of anilines is 1. The standard InChI is InChI=1S/C15H22N4O2/c1-5-7-8-16-12-11(15(20)21-6-2)10(3)18-14-13(12)17-9-19(14)4/h9H,5-8H2,1-4H3,(H,16,18). The average molecular weight is 290 g/mol. The number of hydrogen-bond donors (Lipinski definition) is 1. The molecule has 0 aliphatic heterocycles. The van der Waals surface area contributed by atoms with E-state index in [0.29, 0.717) is 23.4 Å². The minimum Gasteiger partial charge on any atom is -0.462 e. The van der Waals surface area contributed by atoms with Crippen LogP contribution in [-0.4, -0.2) is 33.7 Å². The molecule has 2 heterocycles. The molecule has 0 spiro atoms. The zero-order chi connectivity index (χ0) is 15.4. The summed E-state index contributed by atoms with van der Waals surface area (Å²) in [5.74, 6) is -0.353. The number of nitrogens with zero attached hydrogens (tertiary/aromatic N) is 3. The Morgan fingerprint density at radius 3 is 2.86 bits per heavy atom. The SMILES string of the molecule is CCCCNc1c(C(=O)OCC)c(C)nc2c1ncn2C. The van der Waals surface area contributed by atoms with Crippen molar-refractivity contribution in [1.29, 1.82) is 0 Å². The van der Waals surface area contributed by atoms with Gasteiger partial charge in [-0.2, -0.15) is 0 Å². The number of aromatic nitrogens is 3. The molecule has 2 rings (SSSR count). The van der Waals surface area contributed by atoms with E-state index >= 15 is 0 Å². The first-order valence-electron chi connectivity index (χ1n) is 7.32. The van der Waals surface area contributed by atoms with Gasteiger partial charge in [0, 0.05) is 13.6 Å². The highest BCUT2D eigenvalue weighted by molar-refractivity contribution is 6.04. The van der Waals surface area contributed by atoms with Gasteiger partial charge in [0.05, 0.1) is 24.3 Å². The summed E-state index contributed by atoms with van der Waals surface area (Å²) in [7, 11) is 1.89. The molecule has 0 saturated heterocycles. The van der Waals surface area contributed by atoms with Crippen molar-refractivity contribution in [2.24, 2.45) is 7.05 Å². The van der Waals surface area contributed by atoms with Gasteiger partial charge in [0.15, 0.2) is 5.65 Å². The smallest absolute Gasteiger partial charge is 0.342 e. The molecule has 0 aliphatic carbocycles. The Labute approximate surface area is 124 Å². The summed E-state index contributed by atoms with van der Waals surface area (Å²) in [6, 6.07) is 0. The summed E-state index contributed by atoms with van der Waals surface area (Å²) in [5.41, 5.74) is 3.34. The first-order valence-corrected chi connectivity index (χ1v) is 7.32. The van der Waals surface area contributed by atoms with E-state index in [1.54, 1.807) is 13.3 Å². The second kappa shape index (κ2) is 6.56. The van der Waals surface area contributed by atoms with Gasteiger partial charge in [-0.25, -0.2) is 14.8 Å². The van der Waals surface area contributed by atoms with Crippen LogP contribution in [0.4, 0.5) is 5.69 Å². The van der Waals surface area contributed by atoms with Gasteiger partial charge in [0.2, 0.25) is 0 Å². The topological polar surface area (TPSA) is 69.0 Å². The van der Waals surface area contributed by atoms with Gasteiger partial charge in [0.25, 0.3) is 0 Å². The van der Waals surface area contributed by atoms with E-state index in [-0.39, 0.29) is 5.97 Å². The third-order valence-corrected chi connectivity index (χ3v) is 3.34. The van der Waals surface area contributed by atoms with E-state index in [9.17, 15) is 4.79 Å². The molecule has 2 aromatic heterocycles. The lowest BCUT2D eigenvalue weighted by atomic mass is 10.1. The maximum absolute atomic E-state index is 12.2. The molecule has 1 N–H and O–H groups in total. The summed E-state index contributed by atoms with van der Waals surface area (Å²) < 4.78 is 7.01. The van der Waals surface area contributed by atoms with Gasteiger partial charge in [-0.15, -0.1) is 0 Å². The number of pyridine rings is 1. The van der Waals surface area contributed by atoms with Gasteiger partial charge in [-0.1, -0.05) is 13.3 Å². The number of rotatable bonds is 6. The monoisotopic (exact) mass is 290 g/mol. The molecule has 21 heavy (non-hydrogen) atoms. The van der Waals surface area contributed by atoms with E-state index < -0.39 is 0 Å². The Kier molecular flexibility index (Phi) is 4.77. The third kappa shape index (κ3) is 2.99. The van der Waals surface area contributed by atoms with Crippen molar-refractivity contribution in [3.63, 3.8) is 0 Å². The zero-order valence-electron chi connectivity index (χ0n) is 13.1. The summed E-state index contributed by atoms with van der Waals surface area (Å²) in [5, 5.41) is 3.33. The van der Waals surface area contributed by atoms with Crippen LogP contribution in [0, 0.1) is 6.92 Å². The van der Waals surface area contributed by atoms with E-state index in [2.05, 4.69) is 22.2 Å². The lowest BCUT2D eigenvalue weighted by Crippen LogP contribution is -2.14. The minimum atomic E-state index is -0.353. The van der Waals surface area contributed by atoms with Crippen LogP contribution in [-0.2, 0) is 11.8 Å². The number of fused-ring (bicyclic) bond motifs is 1.